The number of nitrogens with one attached hydrogen (secondary N) is 1. The lowest BCUT2D eigenvalue weighted by atomic mass is 9.99. The lowest BCUT2D eigenvalue weighted by molar-refractivity contribution is -0.169. The Hall–Kier alpha value is -2.98. The Morgan fingerprint density at radius 2 is 1.74 bits per heavy atom. The number of benzene rings is 1. The quantitative estimate of drug-likeness (QED) is 0.739. The molecule has 1 aromatic carbocycles. The number of nitrogens with zero attached hydrogens (tertiary/aromatic N) is 4. The van der Waals surface area contributed by atoms with E-state index in [0.29, 0.717) is 94.0 Å². The number of carbonyl (C=O) groups excluding carboxylic acids is 2. The Bertz CT molecular complexity index is 1070. The summed E-state index contributed by atoms with van der Waals surface area (Å²) in [5.74, 6) is -1.08. The minimum absolute atomic E-state index is 0.114. The van der Waals surface area contributed by atoms with Crippen molar-refractivity contribution in [3.8, 4) is 0 Å². The van der Waals surface area contributed by atoms with Crippen LogP contribution in [-0.4, -0.2) is 91.5 Å². The maximum Gasteiger partial charge on any atom is 0.317 e. The summed E-state index contributed by atoms with van der Waals surface area (Å²) in [7, 11) is 0. The van der Waals surface area contributed by atoms with Gasteiger partial charge in [-0.2, -0.15) is 0 Å². The van der Waals surface area contributed by atoms with E-state index in [1.807, 2.05) is 6.92 Å². The van der Waals surface area contributed by atoms with E-state index in [0.717, 1.165) is 0 Å². The lowest BCUT2D eigenvalue weighted by Crippen LogP contribution is -2.53. The van der Waals surface area contributed by atoms with Crippen molar-refractivity contribution in [3.63, 3.8) is 0 Å². The number of ether oxygens (including phenoxy) is 2. The van der Waals surface area contributed by atoms with Gasteiger partial charge in [0.15, 0.2) is 5.79 Å². The molecule has 0 bridgehead atoms. The van der Waals surface area contributed by atoms with E-state index in [4.69, 9.17) is 9.47 Å². The largest absolute Gasteiger partial charge is 0.370 e. The van der Waals surface area contributed by atoms with E-state index in [1.54, 1.807) is 22.1 Å². The highest BCUT2D eigenvalue weighted by atomic mass is 19.1. The Labute approximate surface area is 197 Å². The van der Waals surface area contributed by atoms with E-state index < -0.39 is 5.79 Å². The van der Waals surface area contributed by atoms with Gasteiger partial charge in [-0.3, -0.25) is 9.78 Å². The molecule has 2 aromatic rings. The first-order valence-electron chi connectivity index (χ1n) is 11.9. The normalized spacial score (nSPS) is 20.2. The first-order valence-corrected chi connectivity index (χ1v) is 11.9. The fourth-order valence-electron chi connectivity index (χ4n) is 5.05. The van der Waals surface area contributed by atoms with Crippen LogP contribution in [-0.2, 0) is 9.47 Å². The van der Waals surface area contributed by atoms with Gasteiger partial charge in [-0.1, -0.05) is 0 Å². The zero-order valence-electron chi connectivity index (χ0n) is 19.4. The van der Waals surface area contributed by atoms with Crippen molar-refractivity contribution in [1.29, 1.82) is 0 Å². The van der Waals surface area contributed by atoms with E-state index >= 15 is 0 Å². The molecule has 3 aliphatic rings. The molecule has 0 saturated carbocycles. The number of hydrogen-bond acceptors (Lipinski definition) is 6. The van der Waals surface area contributed by atoms with Crippen LogP contribution in [0.15, 0.2) is 24.4 Å². The van der Waals surface area contributed by atoms with E-state index in [-0.39, 0.29) is 17.8 Å². The van der Waals surface area contributed by atoms with Gasteiger partial charge in [0.2, 0.25) is 0 Å². The van der Waals surface area contributed by atoms with Crippen LogP contribution in [0.2, 0.25) is 0 Å². The van der Waals surface area contributed by atoms with E-state index in [2.05, 4.69) is 15.2 Å². The van der Waals surface area contributed by atoms with Crippen molar-refractivity contribution in [2.45, 2.75) is 25.6 Å². The maximum atomic E-state index is 14.3. The third kappa shape index (κ3) is 4.27. The number of pyridine rings is 1. The highest BCUT2D eigenvalue weighted by molar-refractivity contribution is 6.07. The van der Waals surface area contributed by atoms with Crippen molar-refractivity contribution in [1.82, 2.24) is 20.1 Å². The number of piperidine rings is 1. The summed E-state index contributed by atoms with van der Waals surface area (Å²) in [4.78, 5) is 35.8. The molecule has 3 aliphatic heterocycles. The highest BCUT2D eigenvalue weighted by Crippen LogP contribution is 2.37. The summed E-state index contributed by atoms with van der Waals surface area (Å²) < 4.78 is 26.0. The van der Waals surface area contributed by atoms with E-state index in [1.165, 1.54) is 12.1 Å². The lowest BCUT2D eigenvalue weighted by Gasteiger charge is -2.40. The second-order valence-corrected chi connectivity index (χ2v) is 8.89. The molecule has 1 spiro atoms. The molecule has 0 aliphatic carbocycles. The number of halogens is 1. The molecule has 10 heteroatoms. The molecule has 1 aromatic heterocycles. The van der Waals surface area contributed by atoms with Gasteiger partial charge >= 0.3 is 6.03 Å². The summed E-state index contributed by atoms with van der Waals surface area (Å²) in [5.41, 5.74) is 1.80. The van der Waals surface area contributed by atoms with Crippen LogP contribution in [0.4, 0.5) is 14.9 Å². The van der Waals surface area contributed by atoms with Gasteiger partial charge < -0.3 is 29.5 Å². The molecule has 5 rings (SSSR count). The molecule has 182 valence electrons. The van der Waals surface area contributed by atoms with Crippen LogP contribution in [0, 0.1) is 5.82 Å². The van der Waals surface area contributed by atoms with Crippen molar-refractivity contribution in [3.05, 3.63) is 35.8 Å². The zero-order chi connectivity index (χ0) is 23.7. The first-order chi connectivity index (χ1) is 16.5. The fraction of sp³-hybridized carbons (Fsp3) is 0.542. The third-order valence-electron chi connectivity index (χ3n) is 6.87. The van der Waals surface area contributed by atoms with Crippen LogP contribution in [0.5, 0.6) is 0 Å². The van der Waals surface area contributed by atoms with Crippen molar-refractivity contribution < 1.29 is 23.5 Å². The van der Waals surface area contributed by atoms with Gasteiger partial charge in [-0.15, -0.1) is 0 Å². The Morgan fingerprint density at radius 1 is 1.06 bits per heavy atom. The molecule has 4 heterocycles. The van der Waals surface area contributed by atoms with Crippen LogP contribution in [0.1, 0.15) is 30.1 Å². The molecule has 0 radical (unpaired) electrons. The summed E-state index contributed by atoms with van der Waals surface area (Å²) >= 11 is 0. The van der Waals surface area contributed by atoms with Crippen molar-refractivity contribution >= 4 is 28.5 Å². The number of anilines is 1. The van der Waals surface area contributed by atoms with Crippen molar-refractivity contribution in [2.75, 3.05) is 63.9 Å². The predicted molar refractivity (Wildman–Crippen MR) is 124 cm³/mol. The number of urea groups is 1. The molecule has 34 heavy (non-hydrogen) atoms. The summed E-state index contributed by atoms with van der Waals surface area (Å²) in [5, 5.41) is 3.42. The minimum Gasteiger partial charge on any atom is -0.370 e. The smallest absolute Gasteiger partial charge is 0.317 e. The van der Waals surface area contributed by atoms with Crippen molar-refractivity contribution in [2.24, 2.45) is 0 Å². The van der Waals surface area contributed by atoms with Crippen LogP contribution >= 0.6 is 0 Å². The summed E-state index contributed by atoms with van der Waals surface area (Å²) in [6.07, 6.45) is 2.94. The average Bonchev–Trinajstić information content (AvgIpc) is 3.31. The Kier molecular flexibility index (Phi) is 6.26. The number of rotatable bonds is 3. The van der Waals surface area contributed by atoms with E-state index in [9.17, 15) is 14.0 Å². The highest BCUT2D eigenvalue weighted by Gasteiger charge is 2.41. The van der Waals surface area contributed by atoms with Gasteiger partial charge in [-0.25, -0.2) is 9.18 Å². The number of carbonyl (C=O) groups is 2. The molecule has 1 N–H and O–H groups in total. The first kappa shape index (κ1) is 22.8. The Balaban J connectivity index is 1.42. The van der Waals surface area contributed by atoms with Gasteiger partial charge in [0.1, 0.15) is 5.82 Å². The van der Waals surface area contributed by atoms with Gasteiger partial charge in [0.25, 0.3) is 5.91 Å². The molecule has 9 nitrogen and oxygen atoms in total. The minimum atomic E-state index is -0.551. The van der Waals surface area contributed by atoms with Gasteiger partial charge in [0.05, 0.1) is 30.0 Å². The number of amides is 3. The monoisotopic (exact) mass is 471 g/mol. The predicted octanol–water partition coefficient (Wildman–Crippen LogP) is 2.20. The topological polar surface area (TPSA) is 87.2 Å². The van der Waals surface area contributed by atoms with Gasteiger partial charge in [0, 0.05) is 70.2 Å². The molecular formula is C24H30FN5O4. The third-order valence-corrected chi connectivity index (χ3v) is 6.87. The molecular weight excluding hydrogens is 441 g/mol. The summed E-state index contributed by atoms with van der Waals surface area (Å²) in [6.45, 7) is 6.66. The molecule has 3 amide bonds. The standard InChI is InChI=1S/C24H30FN5O4/c1-2-26-23(32)30-11-9-29(10-12-30)22(31)19-16-27-20-4-3-17(25)15-18(20)21(19)28-7-5-24(6-8-28)33-13-14-34-24/h3-4,15-16H,2,5-14H2,1H3,(H,26,32). The second-order valence-electron chi connectivity index (χ2n) is 8.89. The summed E-state index contributed by atoms with van der Waals surface area (Å²) in [6, 6.07) is 4.36. The molecule has 3 saturated heterocycles. The second kappa shape index (κ2) is 9.34. The fourth-order valence-corrected chi connectivity index (χ4v) is 5.05. The molecule has 3 fully saturated rings. The molecule has 0 atom stereocenters. The zero-order valence-corrected chi connectivity index (χ0v) is 19.4. The molecule has 0 unspecified atom stereocenters. The van der Waals surface area contributed by atoms with Crippen LogP contribution in [0.25, 0.3) is 10.9 Å². The van der Waals surface area contributed by atoms with Gasteiger partial charge in [-0.05, 0) is 25.1 Å². The SMILES string of the molecule is CCNC(=O)N1CCN(C(=O)c2cnc3ccc(F)cc3c2N2CCC3(CC2)OCCO3)CC1. The number of hydrogen-bond donors (Lipinski definition) is 1. The number of aromatic nitrogens is 1. The average molecular weight is 472 g/mol. The van der Waals surface area contributed by atoms with Crippen LogP contribution in [0.3, 0.4) is 0 Å². The Morgan fingerprint density at radius 3 is 2.41 bits per heavy atom. The van der Waals surface area contributed by atoms with Crippen LogP contribution < -0.4 is 10.2 Å². The number of piperazine rings is 1. The maximum absolute atomic E-state index is 14.3. The number of fused-ring (bicyclic) bond motifs is 1.